The molecule has 4 aromatic rings. The van der Waals surface area contributed by atoms with E-state index in [2.05, 4.69) is 83.5 Å². The van der Waals surface area contributed by atoms with Crippen molar-refractivity contribution in [1.29, 1.82) is 0 Å². The van der Waals surface area contributed by atoms with Crippen LogP contribution >= 0.6 is 11.3 Å². The van der Waals surface area contributed by atoms with Crippen LogP contribution in [0.3, 0.4) is 0 Å². The van der Waals surface area contributed by atoms with Crippen molar-refractivity contribution in [3.8, 4) is 0 Å². The van der Waals surface area contributed by atoms with Crippen LogP contribution in [0.4, 0.5) is 5.82 Å². The second-order valence-corrected chi connectivity index (χ2v) is 9.19. The zero-order valence-corrected chi connectivity index (χ0v) is 18.1. The van der Waals surface area contributed by atoms with E-state index in [9.17, 15) is 0 Å². The minimum atomic E-state index is 0.773. The molecule has 0 unspecified atom stereocenters. The summed E-state index contributed by atoms with van der Waals surface area (Å²) in [5, 5.41) is 1.20. The highest BCUT2D eigenvalue weighted by molar-refractivity contribution is 7.18. The van der Waals surface area contributed by atoms with Crippen molar-refractivity contribution in [3.05, 3.63) is 88.6 Å². The lowest BCUT2D eigenvalue weighted by Gasteiger charge is -2.35. The molecule has 1 saturated heterocycles. The first-order valence-corrected chi connectivity index (χ1v) is 11.4. The molecule has 0 amide bonds. The number of fused-ring (bicyclic) bond motifs is 1. The van der Waals surface area contributed by atoms with Crippen LogP contribution in [0.25, 0.3) is 10.2 Å². The fourth-order valence-electron chi connectivity index (χ4n) is 4.13. The van der Waals surface area contributed by atoms with Crippen LogP contribution in [0.15, 0.2) is 66.7 Å². The van der Waals surface area contributed by atoms with E-state index in [0.29, 0.717) is 0 Å². The number of aromatic nitrogens is 2. The molecule has 0 radical (unpaired) electrons. The van der Waals surface area contributed by atoms with Crippen molar-refractivity contribution in [2.45, 2.75) is 19.9 Å². The van der Waals surface area contributed by atoms with Crippen molar-refractivity contribution in [2.75, 3.05) is 31.1 Å². The summed E-state index contributed by atoms with van der Waals surface area (Å²) in [6.45, 7) is 7.28. The van der Waals surface area contributed by atoms with E-state index in [0.717, 1.165) is 55.6 Å². The summed E-state index contributed by atoms with van der Waals surface area (Å²) < 4.78 is 0. The second kappa shape index (κ2) is 8.54. The number of benzene rings is 2. The molecule has 5 rings (SSSR count). The highest BCUT2D eigenvalue weighted by Crippen LogP contribution is 2.31. The first kappa shape index (κ1) is 19.2. The molecule has 0 bridgehead atoms. The Kier molecular flexibility index (Phi) is 5.47. The minimum Gasteiger partial charge on any atom is -0.353 e. The van der Waals surface area contributed by atoms with Gasteiger partial charge in [0.1, 0.15) is 16.5 Å². The fourth-order valence-corrected chi connectivity index (χ4v) is 5.02. The van der Waals surface area contributed by atoms with Gasteiger partial charge in [0.05, 0.1) is 5.39 Å². The zero-order valence-electron chi connectivity index (χ0n) is 17.3. The first-order chi connectivity index (χ1) is 14.7. The smallest absolute Gasteiger partial charge is 0.141 e. The summed E-state index contributed by atoms with van der Waals surface area (Å²) in [6, 6.07) is 23.5. The predicted octanol–water partition coefficient (Wildman–Crippen LogP) is 4.91. The minimum absolute atomic E-state index is 0.773. The zero-order chi connectivity index (χ0) is 20.3. The normalized spacial score (nSPS) is 15.0. The molecule has 0 spiro atoms. The molecule has 4 nitrogen and oxygen atoms in total. The molecule has 0 saturated carbocycles. The number of rotatable bonds is 5. The third-order valence-corrected chi connectivity index (χ3v) is 6.61. The van der Waals surface area contributed by atoms with Crippen LogP contribution < -0.4 is 4.90 Å². The SMILES string of the molecule is Cc1cc2c(N3CCN(Cc4ccccc4)CC3)nc(Cc3ccccc3)nc2s1. The molecular formula is C25H26N4S. The van der Waals surface area contributed by atoms with E-state index in [1.807, 2.05) is 0 Å². The van der Waals surface area contributed by atoms with Crippen molar-refractivity contribution in [1.82, 2.24) is 14.9 Å². The van der Waals surface area contributed by atoms with Gasteiger partial charge in [-0.2, -0.15) is 0 Å². The van der Waals surface area contributed by atoms with Gasteiger partial charge in [0.2, 0.25) is 0 Å². The molecule has 152 valence electrons. The Bertz CT molecular complexity index is 1120. The second-order valence-electron chi connectivity index (χ2n) is 7.95. The Morgan fingerprint density at radius 3 is 2.20 bits per heavy atom. The Labute approximate surface area is 181 Å². The summed E-state index contributed by atoms with van der Waals surface area (Å²) in [7, 11) is 0. The monoisotopic (exact) mass is 414 g/mol. The third-order valence-electron chi connectivity index (χ3n) is 5.67. The van der Waals surface area contributed by atoms with Crippen molar-refractivity contribution < 1.29 is 0 Å². The fraction of sp³-hybridized carbons (Fsp3) is 0.280. The van der Waals surface area contributed by atoms with E-state index < -0.39 is 0 Å². The van der Waals surface area contributed by atoms with Crippen molar-refractivity contribution in [3.63, 3.8) is 0 Å². The number of aryl methyl sites for hydroxylation is 1. The molecule has 1 aliphatic rings. The van der Waals surface area contributed by atoms with Crippen molar-refractivity contribution >= 4 is 27.4 Å². The van der Waals surface area contributed by atoms with Crippen LogP contribution in [0.1, 0.15) is 21.8 Å². The van der Waals surface area contributed by atoms with Gasteiger partial charge in [0.25, 0.3) is 0 Å². The van der Waals surface area contributed by atoms with Crippen LogP contribution in [0.5, 0.6) is 0 Å². The predicted molar refractivity (Wildman–Crippen MR) is 125 cm³/mol. The largest absolute Gasteiger partial charge is 0.353 e. The maximum Gasteiger partial charge on any atom is 0.141 e. The average Bonchev–Trinajstić information content (AvgIpc) is 3.15. The number of anilines is 1. The van der Waals surface area contributed by atoms with Gasteiger partial charge in [-0.05, 0) is 24.1 Å². The van der Waals surface area contributed by atoms with E-state index in [4.69, 9.17) is 9.97 Å². The maximum atomic E-state index is 5.05. The molecule has 0 atom stereocenters. The molecule has 0 N–H and O–H groups in total. The molecular weight excluding hydrogens is 388 g/mol. The third kappa shape index (κ3) is 4.23. The molecule has 3 heterocycles. The van der Waals surface area contributed by atoms with Gasteiger partial charge in [0.15, 0.2) is 0 Å². The van der Waals surface area contributed by atoms with Crippen LogP contribution in [-0.4, -0.2) is 41.0 Å². The lowest BCUT2D eigenvalue weighted by atomic mass is 10.1. The van der Waals surface area contributed by atoms with E-state index in [1.54, 1.807) is 11.3 Å². The number of nitrogens with zero attached hydrogens (tertiary/aromatic N) is 4. The Morgan fingerprint density at radius 2 is 1.50 bits per heavy atom. The average molecular weight is 415 g/mol. The van der Waals surface area contributed by atoms with Crippen molar-refractivity contribution in [2.24, 2.45) is 0 Å². The summed E-state index contributed by atoms with van der Waals surface area (Å²) in [6.07, 6.45) is 0.773. The van der Waals surface area contributed by atoms with Gasteiger partial charge >= 0.3 is 0 Å². The molecule has 5 heteroatoms. The summed E-state index contributed by atoms with van der Waals surface area (Å²) in [5.41, 5.74) is 2.64. The summed E-state index contributed by atoms with van der Waals surface area (Å²) in [5.74, 6) is 2.02. The quantitative estimate of drug-likeness (QED) is 0.464. The summed E-state index contributed by atoms with van der Waals surface area (Å²) >= 11 is 1.77. The summed E-state index contributed by atoms with van der Waals surface area (Å²) in [4.78, 5) is 17.3. The van der Waals surface area contributed by atoms with Crippen LogP contribution in [0.2, 0.25) is 0 Å². The van der Waals surface area contributed by atoms with Gasteiger partial charge in [-0.25, -0.2) is 9.97 Å². The Hall–Kier alpha value is -2.76. The van der Waals surface area contributed by atoms with Gasteiger partial charge in [-0.3, -0.25) is 4.90 Å². The first-order valence-electron chi connectivity index (χ1n) is 10.6. The standard InChI is InChI=1S/C25H26N4S/c1-19-16-22-24(26-23(27-25(22)30-19)17-20-8-4-2-5-9-20)29-14-12-28(13-15-29)18-21-10-6-3-7-11-21/h2-11,16H,12-15,17-18H2,1H3. The highest BCUT2D eigenvalue weighted by atomic mass is 32.1. The molecule has 30 heavy (non-hydrogen) atoms. The van der Waals surface area contributed by atoms with E-state index in [1.165, 1.54) is 21.4 Å². The highest BCUT2D eigenvalue weighted by Gasteiger charge is 2.22. The van der Waals surface area contributed by atoms with Crippen LogP contribution in [-0.2, 0) is 13.0 Å². The number of thiophene rings is 1. The molecule has 2 aromatic carbocycles. The van der Waals surface area contributed by atoms with Gasteiger partial charge < -0.3 is 4.90 Å². The number of piperazine rings is 1. The van der Waals surface area contributed by atoms with Crippen LogP contribution in [0, 0.1) is 6.92 Å². The number of hydrogen-bond acceptors (Lipinski definition) is 5. The maximum absolute atomic E-state index is 5.05. The van der Waals surface area contributed by atoms with Gasteiger partial charge in [0, 0.05) is 44.0 Å². The molecule has 2 aromatic heterocycles. The van der Waals surface area contributed by atoms with E-state index >= 15 is 0 Å². The molecule has 1 aliphatic heterocycles. The lowest BCUT2D eigenvalue weighted by molar-refractivity contribution is 0.249. The Balaban J connectivity index is 1.37. The molecule has 1 fully saturated rings. The number of hydrogen-bond donors (Lipinski definition) is 0. The van der Waals surface area contributed by atoms with E-state index in [-0.39, 0.29) is 0 Å². The topological polar surface area (TPSA) is 32.3 Å². The van der Waals surface area contributed by atoms with Gasteiger partial charge in [-0.1, -0.05) is 60.7 Å². The lowest BCUT2D eigenvalue weighted by Crippen LogP contribution is -2.46. The Morgan fingerprint density at radius 1 is 0.833 bits per heavy atom. The molecule has 0 aliphatic carbocycles. The van der Waals surface area contributed by atoms with Gasteiger partial charge in [-0.15, -0.1) is 11.3 Å².